The SMILES string of the molecule is CCC(CO)Nc1nc(Nc2ccc(Br)c(C(=O)OC)c2)ncc1C. The van der Waals surface area contributed by atoms with Crippen LogP contribution in [0.3, 0.4) is 0 Å². The average Bonchev–Trinajstić information content (AvgIpc) is 2.63. The van der Waals surface area contributed by atoms with Gasteiger partial charge < -0.3 is 20.5 Å². The topological polar surface area (TPSA) is 96.4 Å². The van der Waals surface area contributed by atoms with Gasteiger partial charge in [0.1, 0.15) is 5.82 Å². The molecule has 0 radical (unpaired) electrons. The minimum absolute atomic E-state index is 0.0257. The lowest BCUT2D eigenvalue weighted by Gasteiger charge is -2.17. The minimum Gasteiger partial charge on any atom is -0.465 e. The van der Waals surface area contributed by atoms with E-state index in [9.17, 15) is 9.90 Å². The molecule has 8 heteroatoms. The van der Waals surface area contributed by atoms with Crippen LogP contribution in [0.25, 0.3) is 0 Å². The third-order valence-corrected chi connectivity index (χ3v) is 4.35. The van der Waals surface area contributed by atoms with Crippen LogP contribution in [0.4, 0.5) is 17.5 Å². The fourth-order valence-corrected chi connectivity index (χ4v) is 2.53. The van der Waals surface area contributed by atoms with Crippen LogP contribution in [0.15, 0.2) is 28.9 Å². The molecule has 134 valence electrons. The Hall–Kier alpha value is -2.19. The molecular weight excluding hydrogens is 388 g/mol. The number of nitrogens with zero attached hydrogens (tertiary/aromatic N) is 2. The number of rotatable bonds is 7. The van der Waals surface area contributed by atoms with Gasteiger partial charge in [0.15, 0.2) is 0 Å². The van der Waals surface area contributed by atoms with Crippen molar-refractivity contribution in [1.82, 2.24) is 9.97 Å². The largest absolute Gasteiger partial charge is 0.465 e. The Bertz CT molecular complexity index is 751. The monoisotopic (exact) mass is 408 g/mol. The van der Waals surface area contributed by atoms with Crippen molar-refractivity contribution in [2.75, 3.05) is 24.4 Å². The van der Waals surface area contributed by atoms with Gasteiger partial charge in [0.25, 0.3) is 0 Å². The number of nitrogens with one attached hydrogen (secondary N) is 2. The Labute approximate surface area is 155 Å². The van der Waals surface area contributed by atoms with Gasteiger partial charge in [-0.25, -0.2) is 9.78 Å². The molecule has 3 N–H and O–H groups in total. The number of benzene rings is 1. The van der Waals surface area contributed by atoms with E-state index < -0.39 is 5.97 Å². The van der Waals surface area contributed by atoms with Crippen LogP contribution >= 0.6 is 15.9 Å². The standard InChI is InChI=1S/C17H21BrN4O3/c1-4-11(9-23)20-15-10(2)8-19-17(22-15)21-12-5-6-14(18)13(7-12)16(24)25-3/h5-8,11,23H,4,9H2,1-3H3,(H2,19,20,21,22). The number of halogens is 1. The molecule has 0 saturated heterocycles. The third kappa shape index (κ3) is 4.90. The van der Waals surface area contributed by atoms with Crippen molar-refractivity contribution in [2.45, 2.75) is 26.3 Å². The van der Waals surface area contributed by atoms with E-state index in [4.69, 9.17) is 4.74 Å². The van der Waals surface area contributed by atoms with Crippen molar-refractivity contribution in [3.05, 3.63) is 40.0 Å². The van der Waals surface area contributed by atoms with E-state index in [0.29, 0.717) is 27.5 Å². The number of aliphatic hydroxyl groups is 1. The first-order valence-electron chi connectivity index (χ1n) is 7.84. The number of aryl methyl sites for hydroxylation is 1. The second kappa shape index (κ2) is 8.77. The molecule has 1 aromatic heterocycles. The summed E-state index contributed by atoms with van der Waals surface area (Å²) in [5.41, 5.74) is 1.94. The number of anilines is 3. The first-order chi connectivity index (χ1) is 12.0. The zero-order valence-electron chi connectivity index (χ0n) is 14.3. The molecule has 1 unspecified atom stereocenters. The zero-order chi connectivity index (χ0) is 18.4. The Morgan fingerprint density at radius 1 is 1.44 bits per heavy atom. The molecule has 0 aliphatic carbocycles. The van der Waals surface area contributed by atoms with Crippen LogP contribution in [-0.4, -0.2) is 40.8 Å². The number of aliphatic hydroxyl groups excluding tert-OH is 1. The van der Waals surface area contributed by atoms with Crippen molar-refractivity contribution in [2.24, 2.45) is 0 Å². The van der Waals surface area contributed by atoms with E-state index in [1.165, 1.54) is 7.11 Å². The summed E-state index contributed by atoms with van der Waals surface area (Å²) in [6.07, 6.45) is 2.47. The van der Waals surface area contributed by atoms with Crippen molar-refractivity contribution in [1.29, 1.82) is 0 Å². The number of ether oxygens (including phenoxy) is 1. The van der Waals surface area contributed by atoms with Gasteiger partial charge in [-0.1, -0.05) is 6.92 Å². The lowest BCUT2D eigenvalue weighted by Crippen LogP contribution is -2.24. The summed E-state index contributed by atoms with van der Waals surface area (Å²) in [6.45, 7) is 3.91. The number of hydrogen-bond acceptors (Lipinski definition) is 7. The molecule has 1 heterocycles. The van der Waals surface area contributed by atoms with Crippen molar-refractivity contribution in [3.63, 3.8) is 0 Å². The van der Waals surface area contributed by atoms with E-state index in [-0.39, 0.29) is 12.6 Å². The maximum Gasteiger partial charge on any atom is 0.339 e. The molecule has 2 rings (SSSR count). The fraction of sp³-hybridized carbons (Fsp3) is 0.353. The highest BCUT2D eigenvalue weighted by atomic mass is 79.9. The normalized spacial score (nSPS) is 11.7. The van der Waals surface area contributed by atoms with Gasteiger partial charge in [-0.3, -0.25) is 0 Å². The third-order valence-electron chi connectivity index (χ3n) is 3.65. The Morgan fingerprint density at radius 3 is 2.84 bits per heavy atom. The van der Waals surface area contributed by atoms with Gasteiger partial charge in [0.2, 0.25) is 5.95 Å². The highest BCUT2D eigenvalue weighted by Crippen LogP contribution is 2.24. The van der Waals surface area contributed by atoms with Crippen LogP contribution in [0.2, 0.25) is 0 Å². The second-order valence-corrected chi connectivity index (χ2v) is 6.32. The predicted octanol–water partition coefficient (Wildman–Crippen LogP) is 3.26. The van der Waals surface area contributed by atoms with Crippen molar-refractivity contribution in [3.8, 4) is 0 Å². The highest BCUT2D eigenvalue weighted by molar-refractivity contribution is 9.10. The summed E-state index contributed by atoms with van der Waals surface area (Å²) in [7, 11) is 1.33. The molecule has 0 bridgehead atoms. The Morgan fingerprint density at radius 2 is 2.20 bits per heavy atom. The summed E-state index contributed by atoms with van der Waals surface area (Å²) in [6, 6.07) is 5.14. The lowest BCUT2D eigenvalue weighted by molar-refractivity contribution is 0.0599. The van der Waals surface area contributed by atoms with Crippen LogP contribution < -0.4 is 10.6 Å². The van der Waals surface area contributed by atoms with Crippen molar-refractivity contribution < 1.29 is 14.6 Å². The summed E-state index contributed by atoms with van der Waals surface area (Å²) in [4.78, 5) is 20.5. The zero-order valence-corrected chi connectivity index (χ0v) is 15.9. The van der Waals surface area contributed by atoms with Crippen molar-refractivity contribution >= 4 is 39.4 Å². The van der Waals surface area contributed by atoms with E-state index in [2.05, 4.69) is 36.5 Å². The van der Waals surface area contributed by atoms with Gasteiger partial charge in [0, 0.05) is 21.9 Å². The number of carbonyl (C=O) groups excluding carboxylic acids is 1. The molecule has 0 saturated carbocycles. The molecule has 0 spiro atoms. The van der Waals surface area contributed by atoms with Crippen LogP contribution in [0.5, 0.6) is 0 Å². The maximum atomic E-state index is 11.8. The Balaban J connectivity index is 2.24. The predicted molar refractivity (Wildman–Crippen MR) is 100 cm³/mol. The van der Waals surface area contributed by atoms with E-state index in [0.717, 1.165) is 12.0 Å². The fourth-order valence-electron chi connectivity index (χ4n) is 2.12. The van der Waals surface area contributed by atoms with Gasteiger partial charge in [-0.2, -0.15) is 4.98 Å². The highest BCUT2D eigenvalue weighted by Gasteiger charge is 2.13. The Kier molecular flexibility index (Phi) is 6.72. The lowest BCUT2D eigenvalue weighted by atomic mass is 10.2. The summed E-state index contributed by atoms with van der Waals surface area (Å²) in [5.74, 6) is 0.610. The average molecular weight is 409 g/mol. The molecule has 0 amide bonds. The van der Waals surface area contributed by atoms with E-state index in [1.807, 2.05) is 13.8 Å². The van der Waals surface area contributed by atoms with Gasteiger partial charge in [-0.15, -0.1) is 0 Å². The van der Waals surface area contributed by atoms with Crippen LogP contribution in [0.1, 0.15) is 29.3 Å². The van der Waals surface area contributed by atoms with Crippen LogP contribution in [-0.2, 0) is 4.74 Å². The number of hydrogen-bond donors (Lipinski definition) is 3. The molecule has 0 aliphatic heterocycles. The molecule has 0 fully saturated rings. The first-order valence-corrected chi connectivity index (χ1v) is 8.63. The second-order valence-electron chi connectivity index (χ2n) is 5.47. The molecule has 2 aromatic rings. The molecule has 25 heavy (non-hydrogen) atoms. The van der Waals surface area contributed by atoms with Gasteiger partial charge in [-0.05, 0) is 47.5 Å². The number of methoxy groups -OCH3 is 1. The number of aromatic nitrogens is 2. The molecule has 1 aromatic carbocycles. The summed E-state index contributed by atoms with van der Waals surface area (Å²) >= 11 is 3.33. The molecule has 7 nitrogen and oxygen atoms in total. The number of esters is 1. The first kappa shape index (κ1) is 19.1. The van der Waals surface area contributed by atoms with E-state index in [1.54, 1.807) is 24.4 Å². The molecular formula is C17H21BrN4O3. The van der Waals surface area contributed by atoms with E-state index >= 15 is 0 Å². The number of carbonyl (C=O) groups is 1. The summed E-state index contributed by atoms with van der Waals surface area (Å²) in [5, 5.41) is 15.6. The van der Waals surface area contributed by atoms with Gasteiger partial charge in [0.05, 0.1) is 25.3 Å². The minimum atomic E-state index is -0.434. The maximum absolute atomic E-state index is 11.8. The smallest absolute Gasteiger partial charge is 0.339 e. The van der Waals surface area contributed by atoms with Crippen LogP contribution in [0, 0.1) is 6.92 Å². The molecule has 1 atom stereocenters. The quantitative estimate of drug-likeness (QED) is 0.604. The summed E-state index contributed by atoms with van der Waals surface area (Å²) < 4.78 is 5.41. The molecule has 0 aliphatic rings. The van der Waals surface area contributed by atoms with Gasteiger partial charge >= 0.3 is 5.97 Å².